The zero-order valence-electron chi connectivity index (χ0n) is 7.21. The average Bonchev–Trinajstić information content (AvgIpc) is 2.13. The molecular weight excluding hydrogens is 185 g/mol. The van der Waals surface area contributed by atoms with E-state index in [1.54, 1.807) is 0 Å². The first-order chi connectivity index (χ1) is 5.22. The first-order valence-electron chi connectivity index (χ1n) is 3.73. The third-order valence-corrected chi connectivity index (χ3v) is 1.79. The Morgan fingerprint density at radius 3 is 2.58 bits per heavy atom. The molecule has 0 radical (unpaired) electrons. The van der Waals surface area contributed by atoms with Gasteiger partial charge in [0.25, 0.3) is 0 Å². The predicted octanol–water partition coefficient (Wildman–Crippen LogP) is -3.26. The molecule has 1 aliphatic rings. The quantitative estimate of drug-likeness (QED) is 0.381. The van der Waals surface area contributed by atoms with Gasteiger partial charge in [-0.05, 0) is 12.8 Å². The van der Waals surface area contributed by atoms with Gasteiger partial charge >= 0.3 is 51.4 Å². The Labute approximate surface area is 114 Å². The van der Waals surface area contributed by atoms with Crippen molar-refractivity contribution in [3.05, 3.63) is 0 Å². The summed E-state index contributed by atoms with van der Waals surface area (Å²) >= 11 is 0. The Kier molecular flexibility index (Phi) is 6.39. The van der Waals surface area contributed by atoms with E-state index in [2.05, 4.69) is 0 Å². The van der Waals surface area contributed by atoms with Gasteiger partial charge < -0.3 is 9.90 Å². The maximum atomic E-state index is 11.0. The first kappa shape index (κ1) is 12.6. The van der Waals surface area contributed by atoms with Crippen molar-refractivity contribution in [2.75, 3.05) is 6.54 Å². The maximum absolute atomic E-state index is 11.0. The molecule has 0 saturated carbocycles. The second-order valence-electron chi connectivity index (χ2n) is 2.62. The van der Waals surface area contributed by atoms with Crippen LogP contribution in [0.2, 0.25) is 0 Å². The third kappa shape index (κ3) is 3.53. The normalized spacial score (nSPS) is 18.0. The van der Waals surface area contributed by atoms with Crippen molar-refractivity contribution < 1.29 is 66.1 Å². The molecule has 0 unspecified atom stereocenters. The summed E-state index contributed by atoms with van der Waals surface area (Å²) in [4.78, 5) is 22.1. The molecule has 12 heavy (non-hydrogen) atoms. The van der Waals surface area contributed by atoms with Gasteiger partial charge in [-0.2, -0.15) is 0 Å². The van der Waals surface area contributed by atoms with Crippen LogP contribution in [0.25, 0.3) is 0 Å². The van der Waals surface area contributed by atoms with Crippen molar-refractivity contribution in [1.29, 1.82) is 0 Å². The van der Waals surface area contributed by atoms with E-state index in [0.717, 1.165) is 24.2 Å². The summed E-state index contributed by atoms with van der Waals surface area (Å²) in [7, 11) is 0. The number of carbonyl (C=O) groups is 2. The molecule has 1 aliphatic heterocycles. The summed E-state index contributed by atoms with van der Waals surface area (Å²) in [6.45, 7) is 0.307. The van der Waals surface area contributed by atoms with E-state index < -0.39 is 6.09 Å². The molecule has 1 saturated heterocycles. The Balaban J connectivity index is 0.00000121. The van der Waals surface area contributed by atoms with Crippen LogP contribution in [0, 0.1) is 0 Å². The molecule has 0 aromatic carbocycles. The number of rotatable bonds is 0. The van der Waals surface area contributed by atoms with E-state index in [4.69, 9.17) is 0 Å². The van der Waals surface area contributed by atoms with Gasteiger partial charge in [0.2, 0.25) is 5.91 Å². The molecule has 1 heterocycles. The van der Waals surface area contributed by atoms with Crippen LogP contribution in [0.15, 0.2) is 0 Å². The molecule has 4 nitrogen and oxygen atoms in total. The minimum Gasteiger partial charge on any atom is -0.530 e. The number of hydrogen-bond donors (Lipinski definition) is 0. The minimum atomic E-state index is -1.36. The van der Waals surface area contributed by atoms with Crippen LogP contribution in [0.5, 0.6) is 0 Å². The second kappa shape index (κ2) is 6.09. The molecule has 5 heteroatoms. The summed E-state index contributed by atoms with van der Waals surface area (Å²) in [6, 6.07) is 0. The van der Waals surface area contributed by atoms with Gasteiger partial charge in [-0.1, -0.05) is 6.42 Å². The standard InChI is InChI=1S/C7H11NO3.K/c9-6-4-2-1-3-5-8(6)7(10)11;/h1-5H2,(H,10,11);/q;+1/p-1. The molecule has 0 N–H and O–H groups in total. The molecule has 0 bridgehead atoms. The summed E-state index contributed by atoms with van der Waals surface area (Å²) in [5, 5.41) is 10.3. The summed E-state index contributed by atoms with van der Waals surface area (Å²) < 4.78 is 0. The van der Waals surface area contributed by atoms with E-state index in [9.17, 15) is 14.7 Å². The smallest absolute Gasteiger partial charge is 0.530 e. The van der Waals surface area contributed by atoms with Crippen LogP contribution >= 0.6 is 0 Å². The molecule has 0 spiro atoms. The van der Waals surface area contributed by atoms with Crippen LogP contribution in [0.4, 0.5) is 4.79 Å². The zero-order chi connectivity index (χ0) is 8.27. The Hall–Kier alpha value is 0.576. The summed E-state index contributed by atoms with van der Waals surface area (Å²) in [5.41, 5.74) is 0. The van der Waals surface area contributed by atoms with Crippen LogP contribution < -0.4 is 56.5 Å². The molecule has 0 atom stereocenters. The molecule has 0 aromatic rings. The number of hydrogen-bond acceptors (Lipinski definition) is 3. The number of nitrogens with zero attached hydrogens (tertiary/aromatic N) is 1. The molecule has 1 fully saturated rings. The van der Waals surface area contributed by atoms with Crippen LogP contribution in [-0.4, -0.2) is 23.4 Å². The van der Waals surface area contributed by atoms with Crippen molar-refractivity contribution >= 4 is 12.0 Å². The second-order valence-corrected chi connectivity index (χ2v) is 2.62. The SMILES string of the molecule is O=C([O-])N1CCCCCC1=O.[K+]. The summed E-state index contributed by atoms with van der Waals surface area (Å²) in [5.74, 6) is -0.317. The Morgan fingerprint density at radius 1 is 1.33 bits per heavy atom. The van der Waals surface area contributed by atoms with Crippen molar-refractivity contribution in [3.8, 4) is 0 Å². The van der Waals surface area contributed by atoms with E-state index >= 15 is 0 Å². The number of imide groups is 1. The molecule has 0 aromatic heterocycles. The first-order valence-corrected chi connectivity index (χ1v) is 3.73. The van der Waals surface area contributed by atoms with Crippen LogP contribution in [-0.2, 0) is 4.79 Å². The van der Waals surface area contributed by atoms with Gasteiger partial charge in [0, 0.05) is 13.0 Å². The maximum Gasteiger partial charge on any atom is 1.00 e. The fourth-order valence-corrected chi connectivity index (χ4v) is 1.18. The molecular formula is C7H10KNO3. The molecule has 2 amide bonds. The van der Waals surface area contributed by atoms with Gasteiger partial charge in [0.1, 0.15) is 6.09 Å². The number of likely N-dealkylation sites (tertiary alicyclic amines) is 1. The summed E-state index contributed by atoms with van der Waals surface area (Å²) in [6.07, 6.45) is 1.46. The Bertz CT molecular complexity index is 183. The minimum absolute atomic E-state index is 0. The number of amides is 2. The molecule has 1 rings (SSSR count). The number of carbonyl (C=O) groups excluding carboxylic acids is 2. The van der Waals surface area contributed by atoms with Crippen LogP contribution in [0.3, 0.4) is 0 Å². The molecule has 62 valence electrons. The topological polar surface area (TPSA) is 60.4 Å². The van der Waals surface area contributed by atoms with E-state index in [1.165, 1.54) is 0 Å². The van der Waals surface area contributed by atoms with Crippen molar-refractivity contribution in [2.24, 2.45) is 0 Å². The van der Waals surface area contributed by atoms with Gasteiger partial charge in [-0.25, -0.2) is 0 Å². The average molecular weight is 195 g/mol. The molecule has 0 aliphatic carbocycles. The van der Waals surface area contributed by atoms with E-state index in [1.807, 2.05) is 0 Å². The third-order valence-electron chi connectivity index (χ3n) is 1.79. The zero-order valence-corrected chi connectivity index (χ0v) is 10.3. The monoisotopic (exact) mass is 195 g/mol. The van der Waals surface area contributed by atoms with Crippen molar-refractivity contribution in [2.45, 2.75) is 25.7 Å². The van der Waals surface area contributed by atoms with Crippen LogP contribution in [0.1, 0.15) is 25.7 Å². The predicted molar refractivity (Wildman–Crippen MR) is 35.6 cm³/mol. The van der Waals surface area contributed by atoms with Gasteiger partial charge in [0.05, 0.1) is 0 Å². The van der Waals surface area contributed by atoms with Gasteiger partial charge in [0.15, 0.2) is 0 Å². The van der Waals surface area contributed by atoms with Gasteiger partial charge in [-0.15, -0.1) is 0 Å². The van der Waals surface area contributed by atoms with E-state index in [-0.39, 0.29) is 57.3 Å². The Morgan fingerprint density at radius 2 is 2.00 bits per heavy atom. The largest absolute Gasteiger partial charge is 1.00 e. The number of carboxylic acid groups (broad SMARTS) is 1. The van der Waals surface area contributed by atoms with Gasteiger partial charge in [-0.3, -0.25) is 9.69 Å². The van der Waals surface area contributed by atoms with Crippen molar-refractivity contribution in [1.82, 2.24) is 4.90 Å². The van der Waals surface area contributed by atoms with Crippen molar-refractivity contribution in [3.63, 3.8) is 0 Å². The fourth-order valence-electron chi connectivity index (χ4n) is 1.18. The fraction of sp³-hybridized carbons (Fsp3) is 0.714. The van der Waals surface area contributed by atoms with E-state index in [0.29, 0.717) is 13.0 Å².